The van der Waals surface area contributed by atoms with E-state index in [1.165, 1.54) is 6.20 Å². The molecule has 6 heteroatoms. The second kappa shape index (κ2) is 6.69. The predicted octanol–water partition coefficient (Wildman–Crippen LogP) is 2.16. The highest BCUT2D eigenvalue weighted by molar-refractivity contribution is 7.92. The molecule has 0 aliphatic heterocycles. The number of anilines is 1. The highest BCUT2D eigenvalue weighted by Crippen LogP contribution is 2.21. The molecule has 0 spiro atoms. The van der Waals surface area contributed by atoms with Gasteiger partial charge in [-0.25, -0.2) is 8.42 Å². The van der Waals surface area contributed by atoms with Gasteiger partial charge in [0.15, 0.2) is 0 Å². The summed E-state index contributed by atoms with van der Waals surface area (Å²) in [6, 6.07) is 8.89. The minimum absolute atomic E-state index is 0.321. The standard InChI is InChI=1S/C15H19N3O2S/c1-3-13-7-6-12(10-16-2)9-15(13)21(19,20)18-14-5-4-8-17-11-14/h4-9,11,16,18H,3,10H2,1-2H3. The Bertz CT molecular complexity index is 700. The summed E-state index contributed by atoms with van der Waals surface area (Å²) >= 11 is 0. The molecule has 21 heavy (non-hydrogen) atoms. The summed E-state index contributed by atoms with van der Waals surface area (Å²) in [6.07, 6.45) is 3.74. The molecule has 2 rings (SSSR count). The third kappa shape index (κ3) is 3.80. The smallest absolute Gasteiger partial charge is 0.262 e. The molecule has 2 aromatic rings. The normalized spacial score (nSPS) is 11.3. The lowest BCUT2D eigenvalue weighted by atomic mass is 10.1. The van der Waals surface area contributed by atoms with Gasteiger partial charge in [0.2, 0.25) is 0 Å². The Balaban J connectivity index is 2.40. The van der Waals surface area contributed by atoms with Crippen LogP contribution in [0.4, 0.5) is 5.69 Å². The van der Waals surface area contributed by atoms with E-state index in [4.69, 9.17) is 0 Å². The Labute approximate surface area is 125 Å². The van der Waals surface area contributed by atoms with Gasteiger partial charge >= 0.3 is 0 Å². The van der Waals surface area contributed by atoms with Gasteiger partial charge in [-0.1, -0.05) is 19.1 Å². The Kier molecular flexibility index (Phi) is 4.93. The number of aryl methyl sites for hydroxylation is 1. The van der Waals surface area contributed by atoms with Crippen molar-refractivity contribution < 1.29 is 8.42 Å². The van der Waals surface area contributed by atoms with Crippen molar-refractivity contribution in [2.45, 2.75) is 24.8 Å². The predicted molar refractivity (Wildman–Crippen MR) is 83.6 cm³/mol. The van der Waals surface area contributed by atoms with Gasteiger partial charge in [0.05, 0.1) is 16.8 Å². The third-order valence-electron chi connectivity index (χ3n) is 3.10. The second-order valence-electron chi connectivity index (χ2n) is 4.67. The van der Waals surface area contributed by atoms with Crippen molar-refractivity contribution in [1.29, 1.82) is 0 Å². The maximum absolute atomic E-state index is 12.6. The average molecular weight is 305 g/mol. The zero-order chi connectivity index (χ0) is 15.3. The molecule has 0 unspecified atom stereocenters. The summed E-state index contributed by atoms with van der Waals surface area (Å²) in [5.41, 5.74) is 2.19. The van der Waals surface area contributed by atoms with Crippen LogP contribution in [-0.2, 0) is 23.0 Å². The topological polar surface area (TPSA) is 71.1 Å². The summed E-state index contributed by atoms with van der Waals surface area (Å²) in [5.74, 6) is 0. The Morgan fingerprint density at radius 2 is 2.05 bits per heavy atom. The zero-order valence-corrected chi connectivity index (χ0v) is 12.9. The number of hydrogen-bond donors (Lipinski definition) is 2. The highest BCUT2D eigenvalue weighted by Gasteiger charge is 2.18. The number of sulfonamides is 1. The molecule has 1 heterocycles. The zero-order valence-electron chi connectivity index (χ0n) is 12.1. The van der Waals surface area contributed by atoms with Gasteiger partial charge in [-0.05, 0) is 42.8 Å². The fourth-order valence-corrected chi connectivity index (χ4v) is 3.49. The number of hydrogen-bond acceptors (Lipinski definition) is 4. The van der Waals surface area contributed by atoms with E-state index in [0.29, 0.717) is 23.5 Å². The maximum Gasteiger partial charge on any atom is 0.262 e. The van der Waals surface area contributed by atoms with Gasteiger partial charge in [0, 0.05) is 12.7 Å². The molecule has 0 saturated heterocycles. The van der Waals surface area contributed by atoms with Gasteiger partial charge in [-0.3, -0.25) is 9.71 Å². The molecule has 0 bridgehead atoms. The number of aromatic nitrogens is 1. The second-order valence-corrected chi connectivity index (χ2v) is 6.32. The van der Waals surface area contributed by atoms with Crippen molar-refractivity contribution in [2.24, 2.45) is 0 Å². The molecule has 0 fully saturated rings. The molecular formula is C15H19N3O2S. The molecule has 0 radical (unpaired) electrons. The maximum atomic E-state index is 12.6. The van der Waals surface area contributed by atoms with E-state index in [2.05, 4.69) is 15.0 Å². The third-order valence-corrected chi connectivity index (χ3v) is 4.56. The molecule has 0 saturated carbocycles. The van der Waals surface area contributed by atoms with Crippen LogP contribution in [0.3, 0.4) is 0 Å². The molecular weight excluding hydrogens is 286 g/mol. The monoisotopic (exact) mass is 305 g/mol. The molecule has 112 valence electrons. The number of benzene rings is 1. The molecule has 0 aliphatic rings. The number of nitrogens with one attached hydrogen (secondary N) is 2. The summed E-state index contributed by atoms with van der Waals surface area (Å²) in [4.78, 5) is 4.24. The fraction of sp³-hybridized carbons (Fsp3) is 0.267. The van der Waals surface area contributed by atoms with Gasteiger partial charge in [0.1, 0.15) is 0 Å². The first-order valence-electron chi connectivity index (χ1n) is 6.76. The van der Waals surface area contributed by atoms with Crippen LogP contribution >= 0.6 is 0 Å². The minimum atomic E-state index is -3.61. The molecule has 0 atom stereocenters. The first-order chi connectivity index (χ1) is 10.1. The lowest BCUT2D eigenvalue weighted by Gasteiger charge is -2.13. The lowest BCUT2D eigenvalue weighted by Crippen LogP contribution is -2.16. The SMILES string of the molecule is CCc1ccc(CNC)cc1S(=O)(=O)Nc1cccnc1. The Morgan fingerprint density at radius 1 is 1.24 bits per heavy atom. The average Bonchev–Trinajstić information content (AvgIpc) is 2.48. The van der Waals surface area contributed by atoms with Crippen LogP contribution in [0.5, 0.6) is 0 Å². The quantitative estimate of drug-likeness (QED) is 0.858. The number of nitrogens with zero attached hydrogens (tertiary/aromatic N) is 1. The highest BCUT2D eigenvalue weighted by atomic mass is 32.2. The van der Waals surface area contributed by atoms with Crippen molar-refractivity contribution in [3.63, 3.8) is 0 Å². The molecule has 1 aromatic heterocycles. The lowest BCUT2D eigenvalue weighted by molar-refractivity contribution is 0.600. The van der Waals surface area contributed by atoms with Crippen molar-refractivity contribution in [3.05, 3.63) is 53.9 Å². The van der Waals surface area contributed by atoms with E-state index in [-0.39, 0.29) is 0 Å². The number of rotatable bonds is 6. The summed E-state index contributed by atoms with van der Waals surface area (Å²) in [5, 5.41) is 3.02. The van der Waals surface area contributed by atoms with Crippen molar-refractivity contribution in [1.82, 2.24) is 10.3 Å². The van der Waals surface area contributed by atoms with E-state index in [0.717, 1.165) is 11.1 Å². The number of pyridine rings is 1. The van der Waals surface area contributed by atoms with Crippen LogP contribution in [0, 0.1) is 0 Å². The van der Waals surface area contributed by atoms with E-state index in [1.54, 1.807) is 24.4 Å². The molecule has 0 aliphatic carbocycles. The van der Waals surface area contributed by atoms with Crippen LogP contribution in [0.1, 0.15) is 18.1 Å². The van der Waals surface area contributed by atoms with E-state index in [1.807, 2.05) is 26.1 Å². The van der Waals surface area contributed by atoms with Gasteiger partial charge < -0.3 is 5.32 Å². The van der Waals surface area contributed by atoms with Gasteiger partial charge in [-0.15, -0.1) is 0 Å². The molecule has 1 aromatic carbocycles. The van der Waals surface area contributed by atoms with E-state index >= 15 is 0 Å². The first kappa shape index (κ1) is 15.5. The van der Waals surface area contributed by atoms with Crippen LogP contribution in [0.15, 0.2) is 47.6 Å². The first-order valence-corrected chi connectivity index (χ1v) is 8.24. The Hall–Kier alpha value is -1.92. The van der Waals surface area contributed by atoms with Crippen molar-refractivity contribution in [2.75, 3.05) is 11.8 Å². The van der Waals surface area contributed by atoms with Crippen LogP contribution in [0.2, 0.25) is 0 Å². The summed E-state index contributed by atoms with van der Waals surface area (Å²) in [7, 11) is -1.79. The van der Waals surface area contributed by atoms with Gasteiger partial charge in [0.25, 0.3) is 10.0 Å². The molecule has 2 N–H and O–H groups in total. The molecule has 0 amide bonds. The minimum Gasteiger partial charge on any atom is -0.316 e. The molecule has 5 nitrogen and oxygen atoms in total. The van der Waals surface area contributed by atoms with E-state index in [9.17, 15) is 8.42 Å². The van der Waals surface area contributed by atoms with Crippen LogP contribution in [0.25, 0.3) is 0 Å². The van der Waals surface area contributed by atoms with Crippen molar-refractivity contribution in [3.8, 4) is 0 Å². The fourth-order valence-electron chi connectivity index (χ4n) is 2.09. The van der Waals surface area contributed by atoms with Crippen LogP contribution in [-0.4, -0.2) is 20.4 Å². The largest absolute Gasteiger partial charge is 0.316 e. The van der Waals surface area contributed by atoms with Crippen molar-refractivity contribution >= 4 is 15.7 Å². The summed E-state index contributed by atoms with van der Waals surface area (Å²) in [6.45, 7) is 2.57. The summed E-state index contributed by atoms with van der Waals surface area (Å²) < 4.78 is 27.7. The van der Waals surface area contributed by atoms with E-state index < -0.39 is 10.0 Å². The van der Waals surface area contributed by atoms with Gasteiger partial charge in [-0.2, -0.15) is 0 Å². The van der Waals surface area contributed by atoms with Crippen LogP contribution < -0.4 is 10.0 Å². The Morgan fingerprint density at radius 3 is 2.67 bits per heavy atom.